The number of phenolic OH excluding ortho intramolecular Hbond substituents is 1. The van der Waals surface area contributed by atoms with Crippen LogP contribution in [-0.4, -0.2) is 28.4 Å². The summed E-state index contributed by atoms with van der Waals surface area (Å²) in [5, 5.41) is 9.98. The number of carbonyl (C=O) groups excluding carboxylic acids is 1. The molecule has 3 rings (SSSR count). The summed E-state index contributed by atoms with van der Waals surface area (Å²) in [5.74, 6) is -1.13. The fourth-order valence-electron chi connectivity index (χ4n) is 2.01. The van der Waals surface area contributed by atoms with Gasteiger partial charge in [0.05, 0.1) is 5.52 Å². The van der Waals surface area contributed by atoms with E-state index < -0.39 is 11.6 Å². The Hall–Kier alpha value is -2.86. The molecule has 2 heterocycles. The Morgan fingerprint density at radius 2 is 1.95 bits per heavy atom. The molecular formula is C16H14FN3O2. The van der Waals surface area contributed by atoms with E-state index in [-0.39, 0.29) is 0 Å². The van der Waals surface area contributed by atoms with Gasteiger partial charge in [0.1, 0.15) is 5.69 Å². The van der Waals surface area contributed by atoms with Crippen molar-refractivity contribution < 1.29 is 14.3 Å². The summed E-state index contributed by atoms with van der Waals surface area (Å²) in [7, 11) is 1.50. The van der Waals surface area contributed by atoms with Crippen LogP contribution in [0.25, 0.3) is 22.0 Å². The van der Waals surface area contributed by atoms with Crippen LogP contribution in [0.5, 0.6) is 5.75 Å². The highest BCUT2D eigenvalue weighted by Crippen LogP contribution is 2.29. The molecule has 3 N–H and O–H groups in total. The lowest BCUT2D eigenvalue weighted by atomic mass is 10.0. The number of hydrogen-bond acceptors (Lipinski definition) is 5. The Bertz CT molecular complexity index is 822. The van der Waals surface area contributed by atoms with Crippen LogP contribution in [0.15, 0.2) is 42.7 Å². The predicted octanol–water partition coefficient (Wildman–Crippen LogP) is 2.53. The van der Waals surface area contributed by atoms with Gasteiger partial charge in [0, 0.05) is 23.3 Å². The van der Waals surface area contributed by atoms with E-state index in [1.165, 1.54) is 19.2 Å². The topological polar surface area (TPSA) is 89.1 Å². The molecule has 0 amide bonds. The van der Waals surface area contributed by atoms with Crippen molar-refractivity contribution >= 4 is 17.2 Å². The van der Waals surface area contributed by atoms with E-state index in [0.29, 0.717) is 28.6 Å². The van der Waals surface area contributed by atoms with E-state index in [4.69, 9.17) is 0 Å². The van der Waals surface area contributed by atoms with Crippen LogP contribution in [0.2, 0.25) is 0 Å². The summed E-state index contributed by atoms with van der Waals surface area (Å²) in [5.41, 5.74) is 6.50. The first-order chi connectivity index (χ1) is 10.7. The first-order valence-electron chi connectivity index (χ1n) is 6.45. The summed E-state index contributed by atoms with van der Waals surface area (Å²) in [6.45, 7) is 0. The Kier molecular flexibility index (Phi) is 4.75. The zero-order valence-electron chi connectivity index (χ0n) is 11.8. The quantitative estimate of drug-likeness (QED) is 0.710. The van der Waals surface area contributed by atoms with Gasteiger partial charge in [-0.3, -0.25) is 9.78 Å². The van der Waals surface area contributed by atoms with Crippen molar-refractivity contribution in [3.63, 3.8) is 0 Å². The smallest absolute Gasteiger partial charge is 0.168 e. The number of nitrogens with zero attached hydrogens (tertiary/aromatic N) is 2. The van der Waals surface area contributed by atoms with Crippen LogP contribution in [0.1, 0.15) is 10.5 Å². The number of hydrogen-bond donors (Lipinski definition) is 2. The second-order valence-electron chi connectivity index (χ2n) is 4.28. The van der Waals surface area contributed by atoms with Crippen molar-refractivity contribution in [1.82, 2.24) is 9.97 Å². The maximum Gasteiger partial charge on any atom is 0.168 e. The van der Waals surface area contributed by atoms with E-state index in [1.54, 1.807) is 30.6 Å². The molecule has 3 aromatic rings. The Labute approximate surface area is 126 Å². The van der Waals surface area contributed by atoms with Gasteiger partial charge in [-0.15, -0.1) is 0 Å². The molecule has 5 nitrogen and oxygen atoms in total. The fraction of sp³-hybridized carbons (Fsp3) is 0.0625. The zero-order valence-corrected chi connectivity index (χ0v) is 11.8. The molecule has 0 bridgehead atoms. The van der Waals surface area contributed by atoms with Gasteiger partial charge in [0.2, 0.25) is 0 Å². The van der Waals surface area contributed by atoms with Crippen LogP contribution in [-0.2, 0) is 0 Å². The van der Waals surface area contributed by atoms with Crippen LogP contribution >= 0.6 is 0 Å². The van der Waals surface area contributed by atoms with Crippen molar-refractivity contribution in [1.29, 1.82) is 0 Å². The lowest BCUT2D eigenvalue weighted by Gasteiger charge is -2.06. The minimum absolute atomic E-state index is 0.296. The molecule has 1 aromatic carbocycles. The minimum atomic E-state index is -0.717. The molecule has 112 valence electrons. The molecule has 0 radical (unpaired) electrons. The van der Waals surface area contributed by atoms with Gasteiger partial charge in [-0.2, -0.15) is 0 Å². The summed E-state index contributed by atoms with van der Waals surface area (Å²) >= 11 is 0. The van der Waals surface area contributed by atoms with Crippen molar-refractivity contribution in [3.8, 4) is 16.9 Å². The highest BCUT2D eigenvalue weighted by molar-refractivity contribution is 5.94. The molecule has 2 aromatic heterocycles. The molecule has 0 aliphatic carbocycles. The number of halogens is 1. The number of carbonyl (C=O) groups is 1. The summed E-state index contributed by atoms with van der Waals surface area (Å²) in [6, 6.07) is 7.38. The number of aromatic nitrogens is 2. The van der Waals surface area contributed by atoms with Crippen LogP contribution < -0.4 is 5.73 Å². The van der Waals surface area contributed by atoms with E-state index >= 15 is 0 Å². The zero-order chi connectivity index (χ0) is 16.1. The summed E-state index contributed by atoms with van der Waals surface area (Å²) in [4.78, 5) is 19.1. The fourth-order valence-corrected chi connectivity index (χ4v) is 2.01. The standard InChI is InChI=1S/C15H9FN2O2.CH5N/c16-13-5-9(2-4-14(13)20)12-7-17-6-10-1-3-11(8-19)18-15(10)12;1-2/h1-8,20H;2H2,1H3. The van der Waals surface area contributed by atoms with Gasteiger partial charge < -0.3 is 10.8 Å². The summed E-state index contributed by atoms with van der Waals surface area (Å²) < 4.78 is 13.5. The van der Waals surface area contributed by atoms with Crippen molar-refractivity contribution in [3.05, 3.63) is 54.2 Å². The highest BCUT2D eigenvalue weighted by atomic mass is 19.1. The lowest BCUT2D eigenvalue weighted by molar-refractivity contribution is 0.111. The number of rotatable bonds is 2. The van der Waals surface area contributed by atoms with Gasteiger partial charge in [0.25, 0.3) is 0 Å². The van der Waals surface area contributed by atoms with Gasteiger partial charge in [-0.1, -0.05) is 6.07 Å². The van der Waals surface area contributed by atoms with E-state index in [9.17, 15) is 14.3 Å². The van der Waals surface area contributed by atoms with Crippen LogP contribution in [0, 0.1) is 5.82 Å². The van der Waals surface area contributed by atoms with Crippen LogP contribution in [0.4, 0.5) is 4.39 Å². The number of aromatic hydroxyl groups is 1. The SMILES string of the molecule is CN.O=Cc1ccc2cncc(-c3ccc(O)c(F)c3)c2n1. The first-order valence-corrected chi connectivity index (χ1v) is 6.45. The largest absolute Gasteiger partial charge is 0.505 e. The number of aldehydes is 1. The maximum absolute atomic E-state index is 13.5. The highest BCUT2D eigenvalue weighted by Gasteiger charge is 2.09. The number of pyridine rings is 2. The van der Waals surface area contributed by atoms with Crippen LogP contribution in [0.3, 0.4) is 0 Å². The minimum Gasteiger partial charge on any atom is -0.505 e. The molecule has 0 atom stereocenters. The first kappa shape index (κ1) is 15.5. The molecule has 0 saturated heterocycles. The Balaban J connectivity index is 0.000000847. The van der Waals surface area contributed by atoms with Crippen molar-refractivity contribution in [2.45, 2.75) is 0 Å². The average Bonchev–Trinajstić information content (AvgIpc) is 2.58. The van der Waals surface area contributed by atoms with E-state index in [1.807, 2.05) is 0 Å². The number of nitrogens with two attached hydrogens (primary N) is 1. The normalized spacial score (nSPS) is 9.95. The molecular weight excluding hydrogens is 285 g/mol. The molecule has 0 unspecified atom stereocenters. The Morgan fingerprint density at radius 1 is 1.18 bits per heavy atom. The van der Waals surface area contributed by atoms with Gasteiger partial charge in [-0.25, -0.2) is 9.37 Å². The van der Waals surface area contributed by atoms with Gasteiger partial charge >= 0.3 is 0 Å². The third-order valence-electron chi connectivity index (χ3n) is 3.00. The molecule has 6 heteroatoms. The predicted molar refractivity (Wildman–Crippen MR) is 82.1 cm³/mol. The van der Waals surface area contributed by atoms with Crippen molar-refractivity contribution in [2.24, 2.45) is 5.73 Å². The molecule has 0 aliphatic heterocycles. The number of benzene rings is 1. The Morgan fingerprint density at radius 3 is 2.64 bits per heavy atom. The number of phenols is 1. The lowest BCUT2D eigenvalue weighted by Crippen LogP contribution is -1.92. The van der Waals surface area contributed by atoms with E-state index in [2.05, 4.69) is 15.7 Å². The third-order valence-corrected chi connectivity index (χ3v) is 3.00. The maximum atomic E-state index is 13.5. The second kappa shape index (κ2) is 6.73. The second-order valence-corrected chi connectivity index (χ2v) is 4.28. The number of fused-ring (bicyclic) bond motifs is 1. The molecule has 0 aliphatic rings. The monoisotopic (exact) mass is 299 g/mol. The molecule has 0 saturated carbocycles. The molecule has 0 spiro atoms. The molecule has 0 fully saturated rings. The summed E-state index contributed by atoms with van der Waals surface area (Å²) in [6.07, 6.45) is 3.83. The van der Waals surface area contributed by atoms with Gasteiger partial charge in [0.15, 0.2) is 17.9 Å². The van der Waals surface area contributed by atoms with Gasteiger partial charge in [-0.05, 0) is 36.9 Å². The van der Waals surface area contributed by atoms with Crippen molar-refractivity contribution in [2.75, 3.05) is 7.05 Å². The third kappa shape index (κ3) is 2.91. The average molecular weight is 299 g/mol. The molecule has 22 heavy (non-hydrogen) atoms. The van der Waals surface area contributed by atoms with E-state index in [0.717, 1.165) is 5.39 Å².